The summed E-state index contributed by atoms with van der Waals surface area (Å²) in [7, 11) is -1.67. The number of nitrogens with one attached hydrogen (secondary N) is 2. The molecule has 2 heterocycles. The van der Waals surface area contributed by atoms with Crippen LogP contribution in [0.2, 0.25) is 0 Å². The highest BCUT2D eigenvalue weighted by molar-refractivity contribution is 7.91. The number of aromatic nitrogens is 2. The fourth-order valence-electron chi connectivity index (χ4n) is 4.84. The Morgan fingerprint density at radius 3 is 2.58 bits per heavy atom. The lowest BCUT2D eigenvalue weighted by molar-refractivity contribution is 0.121. The van der Waals surface area contributed by atoms with Crippen LogP contribution in [0.3, 0.4) is 0 Å². The number of fused-ring (bicyclic) bond motifs is 3. The van der Waals surface area contributed by atoms with Crippen LogP contribution >= 0.6 is 0 Å². The molecule has 1 aromatic heterocycles. The average Bonchev–Trinajstić information content (AvgIpc) is 3.46. The zero-order valence-electron chi connectivity index (χ0n) is 17.9. The van der Waals surface area contributed by atoms with Crippen LogP contribution in [0.25, 0.3) is 0 Å². The van der Waals surface area contributed by atoms with E-state index in [9.17, 15) is 9.00 Å². The summed E-state index contributed by atoms with van der Waals surface area (Å²) in [4.78, 5) is 13.0. The number of amides is 2. The lowest BCUT2D eigenvalue weighted by atomic mass is 9.99. The number of rotatable bonds is 3. The molecule has 31 heavy (non-hydrogen) atoms. The Bertz CT molecular complexity index is 1160. The molecule has 0 unspecified atom stereocenters. The Balaban J connectivity index is 1.45. The maximum atomic E-state index is 13.2. The van der Waals surface area contributed by atoms with Crippen molar-refractivity contribution >= 4 is 21.6 Å². The molecule has 0 saturated heterocycles. The Labute approximate surface area is 182 Å². The number of carbonyl (C=O) groups excluding carboxylic acids is 1. The first kappa shape index (κ1) is 20.5. The number of benzene rings is 1. The third-order valence-electron chi connectivity index (χ3n) is 6.63. The molecule has 2 amide bonds. The second-order valence-electron chi connectivity index (χ2n) is 8.90. The third kappa shape index (κ3) is 3.52. The molecular formula is C21H28N6O3S. The van der Waals surface area contributed by atoms with E-state index in [0.717, 1.165) is 44.2 Å². The number of carbonyl (C=O) groups is 1. The molecule has 2 aliphatic carbocycles. The molecule has 5 rings (SSSR count). The Hall–Kier alpha value is -2.43. The summed E-state index contributed by atoms with van der Waals surface area (Å²) in [6.45, 7) is 2.90. The maximum Gasteiger partial charge on any atom is 0.354 e. The summed E-state index contributed by atoms with van der Waals surface area (Å²) < 4.78 is 24.5. The predicted molar refractivity (Wildman–Crippen MR) is 118 cm³/mol. The molecule has 0 bridgehead atoms. The summed E-state index contributed by atoms with van der Waals surface area (Å²) in [6, 6.07) is 1.59. The first-order chi connectivity index (χ1) is 14.8. The van der Waals surface area contributed by atoms with E-state index >= 15 is 0 Å². The van der Waals surface area contributed by atoms with E-state index in [1.165, 1.54) is 28.5 Å². The van der Waals surface area contributed by atoms with Crippen LogP contribution in [-0.2, 0) is 42.1 Å². The zero-order valence-corrected chi connectivity index (χ0v) is 18.7. The van der Waals surface area contributed by atoms with Crippen molar-refractivity contribution in [2.75, 3.05) is 19.0 Å². The Kier molecular flexibility index (Phi) is 4.83. The van der Waals surface area contributed by atoms with Gasteiger partial charge in [-0.05, 0) is 74.8 Å². The zero-order chi connectivity index (χ0) is 21.8. The van der Waals surface area contributed by atoms with Gasteiger partial charge in [-0.25, -0.2) is 18.8 Å². The van der Waals surface area contributed by atoms with Crippen molar-refractivity contribution in [3.63, 3.8) is 0 Å². The molecule has 166 valence electrons. The molecule has 1 aliphatic heterocycles. The summed E-state index contributed by atoms with van der Waals surface area (Å²) in [6.07, 6.45) is 7.47. The molecule has 0 radical (unpaired) electrons. The molecule has 0 fully saturated rings. The molecule has 2 aromatic rings. The van der Waals surface area contributed by atoms with Gasteiger partial charge in [-0.1, -0.05) is 6.07 Å². The largest absolute Gasteiger partial charge is 0.475 e. The molecule has 0 spiro atoms. The van der Waals surface area contributed by atoms with E-state index in [1.54, 1.807) is 4.68 Å². The quantitative estimate of drug-likeness (QED) is 0.669. The van der Waals surface area contributed by atoms with E-state index in [2.05, 4.69) is 26.2 Å². The Morgan fingerprint density at radius 1 is 1.26 bits per heavy atom. The smallest absolute Gasteiger partial charge is 0.354 e. The number of ether oxygens (including phenoxy) is 1. The minimum atomic E-state index is -3.52. The first-order valence-corrected chi connectivity index (χ1v) is 12.3. The number of nitrogens with two attached hydrogens (primary N) is 1. The molecule has 4 N–H and O–H groups in total. The fourth-order valence-corrected chi connectivity index (χ4v) is 5.84. The summed E-state index contributed by atoms with van der Waals surface area (Å²) in [5, 5.41) is 16.4. The molecule has 1 aromatic carbocycles. The van der Waals surface area contributed by atoms with Gasteiger partial charge in [0, 0.05) is 5.69 Å². The van der Waals surface area contributed by atoms with Gasteiger partial charge in [0.25, 0.3) is 0 Å². The van der Waals surface area contributed by atoms with E-state index in [4.69, 9.17) is 9.88 Å². The van der Waals surface area contributed by atoms with E-state index in [1.807, 2.05) is 14.0 Å². The van der Waals surface area contributed by atoms with Gasteiger partial charge in [-0.3, -0.25) is 0 Å². The van der Waals surface area contributed by atoms with E-state index in [0.29, 0.717) is 19.0 Å². The van der Waals surface area contributed by atoms with Crippen molar-refractivity contribution in [3.8, 4) is 5.88 Å². The lowest BCUT2D eigenvalue weighted by Crippen LogP contribution is -2.51. The lowest BCUT2D eigenvalue weighted by Gasteiger charge is -2.33. The second kappa shape index (κ2) is 7.32. The maximum absolute atomic E-state index is 13.2. The molecular weight excluding hydrogens is 416 g/mol. The van der Waals surface area contributed by atoms with Gasteiger partial charge in [-0.2, -0.15) is 5.10 Å². The molecule has 10 heteroatoms. The summed E-state index contributed by atoms with van der Waals surface area (Å²) in [5.41, 5.74) is 5.53. The summed E-state index contributed by atoms with van der Waals surface area (Å²) in [5.74, 6) is 0.304. The van der Waals surface area contributed by atoms with Crippen LogP contribution < -0.4 is 20.5 Å². The molecule has 2 atom stereocenters. The van der Waals surface area contributed by atoms with Gasteiger partial charge >= 0.3 is 6.03 Å². The number of aryl methyl sites for hydroxylation is 2. The fraction of sp³-hybridized carbons (Fsp3) is 0.524. The topological polar surface area (TPSA) is 124 Å². The van der Waals surface area contributed by atoms with Gasteiger partial charge in [0.1, 0.15) is 11.5 Å². The van der Waals surface area contributed by atoms with Gasteiger partial charge in [0.05, 0.1) is 18.3 Å². The van der Waals surface area contributed by atoms with Gasteiger partial charge in [-0.15, -0.1) is 4.36 Å². The number of urea groups is 1. The standard InChI is InChI=1S/C21H28N6O3S/c1-21(23-2)11-27-19(30-12-21)17(10-24-27)31(22,29)26-20(28)25-18-15-7-3-5-13(15)9-14-6-4-8-16(14)18/h9-10,23H,3-8,11-12H2,1-2H3,(H3,22,25,26,28,29)/t21-,31+/m1/s1. The van der Waals surface area contributed by atoms with Gasteiger partial charge < -0.3 is 15.4 Å². The first-order valence-electron chi connectivity index (χ1n) is 10.7. The second-order valence-corrected chi connectivity index (χ2v) is 10.7. The van der Waals surface area contributed by atoms with Crippen molar-refractivity contribution in [1.29, 1.82) is 0 Å². The summed E-state index contributed by atoms with van der Waals surface area (Å²) >= 11 is 0. The minimum absolute atomic E-state index is 0.143. The van der Waals surface area contributed by atoms with Crippen LogP contribution in [0.15, 0.2) is 21.5 Å². The number of hydrogen-bond acceptors (Lipinski definition) is 5. The van der Waals surface area contributed by atoms with E-state index < -0.39 is 15.9 Å². The van der Waals surface area contributed by atoms with Crippen LogP contribution in [-0.4, -0.2) is 39.2 Å². The van der Waals surface area contributed by atoms with Crippen LogP contribution in [0.4, 0.5) is 10.5 Å². The number of likely N-dealkylation sites (N-methyl/N-ethyl adjacent to an activating group) is 1. The monoisotopic (exact) mass is 444 g/mol. The highest BCUT2D eigenvalue weighted by Gasteiger charge is 2.34. The van der Waals surface area contributed by atoms with Crippen LogP contribution in [0, 0.1) is 0 Å². The van der Waals surface area contributed by atoms with Crippen molar-refractivity contribution < 1.29 is 13.7 Å². The third-order valence-corrected chi connectivity index (χ3v) is 7.98. The number of hydrogen-bond donors (Lipinski definition) is 3. The van der Waals surface area contributed by atoms with Crippen LogP contribution in [0.1, 0.15) is 42.0 Å². The van der Waals surface area contributed by atoms with Crippen molar-refractivity contribution in [1.82, 2.24) is 15.1 Å². The van der Waals surface area contributed by atoms with Crippen LogP contribution in [0.5, 0.6) is 5.88 Å². The molecule has 9 nitrogen and oxygen atoms in total. The molecule has 3 aliphatic rings. The van der Waals surface area contributed by atoms with Crippen molar-refractivity contribution in [3.05, 3.63) is 34.5 Å². The van der Waals surface area contributed by atoms with Crippen molar-refractivity contribution in [2.24, 2.45) is 9.50 Å². The molecule has 0 saturated carbocycles. The number of anilines is 1. The highest BCUT2D eigenvalue weighted by atomic mass is 32.2. The van der Waals surface area contributed by atoms with Crippen molar-refractivity contribution in [2.45, 2.75) is 62.4 Å². The van der Waals surface area contributed by atoms with Gasteiger partial charge in [0.15, 0.2) is 9.92 Å². The average molecular weight is 445 g/mol. The van der Waals surface area contributed by atoms with E-state index in [-0.39, 0.29) is 10.4 Å². The minimum Gasteiger partial charge on any atom is -0.475 e. The SMILES string of the molecule is CN[C@@]1(C)COc2c([S@@](N)(=O)=NC(=O)Nc3c4c(cc5c3CCC5)CCC4)cnn2C1. The predicted octanol–water partition coefficient (Wildman–Crippen LogP) is 2.16. The normalized spacial score (nSPS) is 23.3. The van der Waals surface area contributed by atoms with Gasteiger partial charge in [0.2, 0.25) is 5.88 Å². The Morgan fingerprint density at radius 2 is 1.94 bits per heavy atom. The highest BCUT2D eigenvalue weighted by Crippen LogP contribution is 2.39. The number of nitrogens with zero attached hydrogens (tertiary/aromatic N) is 3.